The molecule has 1 heterocycles. The van der Waals surface area contributed by atoms with E-state index in [2.05, 4.69) is 27.3 Å². The molecule has 0 aliphatic heterocycles. The Hall–Kier alpha value is -2.17. The Kier molecular flexibility index (Phi) is 4.97. The maximum atomic E-state index is 12.0. The number of hydrogen-bond acceptors (Lipinski definition) is 5. The van der Waals surface area contributed by atoms with Gasteiger partial charge >= 0.3 is 5.97 Å². The second-order valence-electron chi connectivity index (χ2n) is 5.28. The summed E-state index contributed by atoms with van der Waals surface area (Å²) >= 11 is 4.70. The Labute approximate surface area is 151 Å². The van der Waals surface area contributed by atoms with Crippen LogP contribution in [0.4, 0.5) is 5.00 Å². The first kappa shape index (κ1) is 16.7. The van der Waals surface area contributed by atoms with Gasteiger partial charge in [-0.25, -0.2) is 4.79 Å². The van der Waals surface area contributed by atoms with Gasteiger partial charge in [-0.3, -0.25) is 4.79 Å². The van der Waals surface area contributed by atoms with Crippen LogP contribution in [0.15, 0.2) is 28.7 Å². The van der Waals surface area contributed by atoms with Crippen LogP contribution >= 0.6 is 27.3 Å². The van der Waals surface area contributed by atoms with E-state index in [0.29, 0.717) is 20.6 Å². The first-order chi connectivity index (χ1) is 11.6. The fraction of sp³-hybridized carbons (Fsp3) is 0.235. The minimum absolute atomic E-state index is 0.359. The normalized spacial score (nSPS) is 12.3. The molecule has 1 aromatic carbocycles. The summed E-state index contributed by atoms with van der Waals surface area (Å²) in [6.45, 7) is -0.395. The highest BCUT2D eigenvalue weighted by molar-refractivity contribution is 9.10. The van der Waals surface area contributed by atoms with Crippen molar-refractivity contribution in [3.63, 3.8) is 0 Å². The highest BCUT2D eigenvalue weighted by Gasteiger charge is 2.23. The zero-order chi connectivity index (χ0) is 17.1. The van der Waals surface area contributed by atoms with E-state index >= 15 is 0 Å². The van der Waals surface area contributed by atoms with Gasteiger partial charge in [-0.15, -0.1) is 11.3 Å². The number of nitrogens with one attached hydrogen (secondary N) is 1. The molecule has 0 fully saturated rings. The minimum atomic E-state index is -0.577. The number of halogens is 1. The van der Waals surface area contributed by atoms with Crippen LogP contribution in [0.5, 0.6) is 0 Å². The van der Waals surface area contributed by atoms with Crippen molar-refractivity contribution in [1.82, 2.24) is 0 Å². The van der Waals surface area contributed by atoms with Gasteiger partial charge in [-0.1, -0.05) is 12.1 Å². The summed E-state index contributed by atoms with van der Waals surface area (Å²) in [5, 5.41) is 12.5. The number of benzene rings is 1. The molecule has 0 unspecified atom stereocenters. The second kappa shape index (κ2) is 7.16. The third-order valence-corrected chi connectivity index (χ3v) is 5.61. The third kappa shape index (κ3) is 3.35. The first-order valence-electron chi connectivity index (χ1n) is 7.36. The summed E-state index contributed by atoms with van der Waals surface area (Å²) in [5.41, 5.74) is 1.94. The van der Waals surface area contributed by atoms with Crippen molar-refractivity contribution in [2.75, 3.05) is 11.9 Å². The lowest BCUT2D eigenvalue weighted by molar-refractivity contribution is -0.119. The van der Waals surface area contributed by atoms with Crippen molar-refractivity contribution in [3.8, 4) is 6.07 Å². The second-order valence-corrected chi connectivity index (χ2v) is 7.24. The Morgan fingerprint density at radius 2 is 2.12 bits per heavy atom. The first-order valence-corrected chi connectivity index (χ1v) is 8.97. The van der Waals surface area contributed by atoms with Gasteiger partial charge < -0.3 is 10.1 Å². The number of anilines is 1. The van der Waals surface area contributed by atoms with E-state index < -0.39 is 18.5 Å². The molecule has 1 aromatic heterocycles. The molecule has 3 rings (SSSR count). The van der Waals surface area contributed by atoms with Gasteiger partial charge in [0, 0.05) is 9.35 Å². The van der Waals surface area contributed by atoms with Gasteiger partial charge in [0.25, 0.3) is 5.91 Å². The van der Waals surface area contributed by atoms with Crippen LogP contribution in [0.3, 0.4) is 0 Å². The molecule has 1 N–H and O–H groups in total. The summed E-state index contributed by atoms with van der Waals surface area (Å²) in [7, 11) is 0. The highest BCUT2D eigenvalue weighted by atomic mass is 79.9. The summed E-state index contributed by atoms with van der Waals surface area (Å²) in [5.74, 6) is -1.03. The monoisotopic (exact) mass is 404 g/mol. The van der Waals surface area contributed by atoms with Crippen LogP contribution in [0.2, 0.25) is 0 Å². The van der Waals surface area contributed by atoms with Crippen molar-refractivity contribution in [3.05, 3.63) is 50.3 Å². The average Bonchev–Trinajstić information content (AvgIpc) is 3.13. The number of fused-ring (bicyclic) bond motifs is 1. The Balaban J connectivity index is 1.62. The molecule has 0 saturated heterocycles. The number of thiophene rings is 1. The molecule has 24 heavy (non-hydrogen) atoms. The summed E-state index contributed by atoms with van der Waals surface area (Å²) in [6.07, 6.45) is 2.87. The van der Waals surface area contributed by atoms with Crippen LogP contribution in [0, 0.1) is 11.3 Å². The van der Waals surface area contributed by atoms with Gasteiger partial charge in [0.2, 0.25) is 0 Å². The zero-order valence-corrected chi connectivity index (χ0v) is 15.0. The molecule has 122 valence electrons. The molecule has 1 aliphatic rings. The summed E-state index contributed by atoms with van der Waals surface area (Å²) in [6, 6.07) is 9.00. The number of aryl methyl sites for hydroxylation is 1. The molecular formula is C17H13BrN2O3S. The SMILES string of the molecule is N#Cc1c(NC(=O)COC(=O)c2ccccc2Br)sc2c1CCC2. The van der Waals surface area contributed by atoms with E-state index in [0.717, 1.165) is 29.7 Å². The lowest BCUT2D eigenvalue weighted by Crippen LogP contribution is -2.21. The number of amides is 1. The molecule has 1 amide bonds. The van der Waals surface area contributed by atoms with Crippen molar-refractivity contribution in [1.29, 1.82) is 5.26 Å². The van der Waals surface area contributed by atoms with Gasteiger partial charge in [0.1, 0.15) is 11.1 Å². The van der Waals surface area contributed by atoms with Gasteiger partial charge in [-0.05, 0) is 52.9 Å². The van der Waals surface area contributed by atoms with Crippen molar-refractivity contribution in [2.45, 2.75) is 19.3 Å². The van der Waals surface area contributed by atoms with Crippen LogP contribution in [-0.2, 0) is 22.4 Å². The Bertz CT molecular complexity index is 854. The van der Waals surface area contributed by atoms with E-state index in [1.54, 1.807) is 24.3 Å². The van der Waals surface area contributed by atoms with Crippen molar-refractivity contribution < 1.29 is 14.3 Å². The third-order valence-electron chi connectivity index (χ3n) is 3.71. The Morgan fingerprint density at radius 1 is 1.33 bits per heavy atom. The molecule has 0 bridgehead atoms. The number of nitriles is 1. The van der Waals surface area contributed by atoms with E-state index in [4.69, 9.17) is 4.74 Å². The van der Waals surface area contributed by atoms with Gasteiger partial charge in [0.15, 0.2) is 6.61 Å². The van der Waals surface area contributed by atoms with Crippen LogP contribution in [0.25, 0.3) is 0 Å². The molecule has 1 aliphatic carbocycles. The molecule has 0 atom stereocenters. The number of hydrogen-bond donors (Lipinski definition) is 1. The van der Waals surface area contributed by atoms with Crippen LogP contribution < -0.4 is 5.32 Å². The zero-order valence-electron chi connectivity index (χ0n) is 12.6. The quantitative estimate of drug-likeness (QED) is 0.788. The van der Waals surface area contributed by atoms with Crippen molar-refractivity contribution >= 4 is 44.1 Å². The molecule has 0 saturated carbocycles. The number of esters is 1. The molecular weight excluding hydrogens is 392 g/mol. The fourth-order valence-corrected chi connectivity index (χ4v) is 4.31. The number of rotatable bonds is 4. The maximum absolute atomic E-state index is 12.0. The minimum Gasteiger partial charge on any atom is -0.452 e. The molecule has 7 heteroatoms. The number of nitrogens with zero attached hydrogens (tertiary/aromatic N) is 1. The van der Waals surface area contributed by atoms with Crippen molar-refractivity contribution in [2.24, 2.45) is 0 Å². The summed E-state index contributed by atoms with van der Waals surface area (Å²) < 4.78 is 5.64. The standard InChI is InChI=1S/C17H13BrN2O3S/c18-13-6-2-1-4-11(13)17(22)23-9-15(21)20-16-12(8-19)10-5-3-7-14(10)24-16/h1-2,4,6H,3,5,7,9H2,(H,20,21). The number of carbonyl (C=O) groups excluding carboxylic acids is 2. The van der Waals surface area contributed by atoms with Gasteiger partial charge in [-0.2, -0.15) is 5.26 Å². The van der Waals surface area contributed by atoms with E-state index in [1.165, 1.54) is 11.3 Å². The lowest BCUT2D eigenvalue weighted by Gasteiger charge is -2.07. The largest absolute Gasteiger partial charge is 0.452 e. The van der Waals surface area contributed by atoms with E-state index in [9.17, 15) is 14.9 Å². The lowest BCUT2D eigenvalue weighted by atomic mass is 10.1. The average molecular weight is 405 g/mol. The molecule has 0 spiro atoms. The number of ether oxygens (including phenoxy) is 1. The predicted molar refractivity (Wildman–Crippen MR) is 94.1 cm³/mol. The fourth-order valence-electron chi connectivity index (χ4n) is 2.61. The molecule has 2 aromatic rings. The Morgan fingerprint density at radius 3 is 2.88 bits per heavy atom. The summed E-state index contributed by atoms with van der Waals surface area (Å²) in [4.78, 5) is 25.2. The van der Waals surface area contributed by atoms with Gasteiger partial charge in [0.05, 0.1) is 11.1 Å². The number of carbonyl (C=O) groups is 2. The van der Waals surface area contributed by atoms with E-state index in [-0.39, 0.29) is 0 Å². The molecule has 5 nitrogen and oxygen atoms in total. The van der Waals surface area contributed by atoms with E-state index in [1.807, 2.05) is 0 Å². The van der Waals surface area contributed by atoms with Crippen LogP contribution in [-0.4, -0.2) is 18.5 Å². The van der Waals surface area contributed by atoms with Crippen LogP contribution in [0.1, 0.15) is 32.8 Å². The smallest absolute Gasteiger partial charge is 0.339 e. The highest BCUT2D eigenvalue weighted by Crippen LogP contribution is 2.38. The maximum Gasteiger partial charge on any atom is 0.339 e. The topological polar surface area (TPSA) is 79.2 Å². The molecule has 0 radical (unpaired) electrons. The predicted octanol–water partition coefficient (Wildman–Crippen LogP) is 3.67.